The van der Waals surface area contributed by atoms with Crippen molar-refractivity contribution >= 4 is 35.0 Å². The van der Waals surface area contributed by atoms with Crippen molar-refractivity contribution in [2.75, 3.05) is 16.0 Å². The lowest BCUT2D eigenvalue weighted by molar-refractivity contribution is -0.117. The molecule has 2 heterocycles. The molecule has 25 heavy (non-hydrogen) atoms. The van der Waals surface area contributed by atoms with Crippen molar-refractivity contribution in [2.45, 2.75) is 43.4 Å². The van der Waals surface area contributed by atoms with Crippen LogP contribution in [0.1, 0.15) is 32.2 Å². The van der Waals surface area contributed by atoms with Gasteiger partial charge in [0.2, 0.25) is 17.0 Å². The normalized spacial score (nSPS) is 20.0. The summed E-state index contributed by atoms with van der Waals surface area (Å²) in [5.74, 6) is 0.0762. The van der Waals surface area contributed by atoms with E-state index in [1.54, 1.807) is 9.58 Å². The molecule has 2 aliphatic rings. The molecule has 8 nitrogen and oxygen atoms in total. The van der Waals surface area contributed by atoms with E-state index in [9.17, 15) is 9.59 Å². The van der Waals surface area contributed by atoms with Crippen molar-refractivity contribution in [3.05, 3.63) is 24.3 Å². The highest BCUT2D eigenvalue weighted by Gasteiger charge is 2.31. The number of nitrogens with zero attached hydrogens (tertiary/aromatic N) is 5. The lowest BCUT2D eigenvalue weighted by atomic mass is 10.2. The quantitative estimate of drug-likeness (QED) is 0.839. The summed E-state index contributed by atoms with van der Waals surface area (Å²) in [5, 5.41) is 15.3. The third kappa shape index (κ3) is 3.23. The fraction of sp³-hybridized carbons (Fsp3) is 0.438. The number of amides is 2. The largest absolute Gasteiger partial charge is 0.324 e. The highest BCUT2D eigenvalue weighted by atomic mass is 32.2. The molecule has 1 atom stereocenters. The van der Waals surface area contributed by atoms with Crippen LogP contribution in [-0.2, 0) is 9.59 Å². The van der Waals surface area contributed by atoms with Gasteiger partial charge in [0.05, 0.1) is 23.2 Å². The minimum atomic E-state index is -0.212. The number of hydrogen-bond donors (Lipinski definition) is 1. The van der Waals surface area contributed by atoms with E-state index in [0.717, 1.165) is 18.5 Å². The first-order valence-corrected chi connectivity index (χ1v) is 9.23. The first-order valence-electron chi connectivity index (χ1n) is 8.25. The van der Waals surface area contributed by atoms with E-state index in [2.05, 4.69) is 20.8 Å². The van der Waals surface area contributed by atoms with Gasteiger partial charge in [0.25, 0.3) is 0 Å². The Labute approximate surface area is 149 Å². The zero-order valence-electron chi connectivity index (χ0n) is 13.8. The number of anilines is 2. The molecule has 2 aromatic rings. The molecule has 130 valence electrons. The minimum Gasteiger partial charge on any atom is -0.324 e. The molecule has 0 spiro atoms. The summed E-state index contributed by atoms with van der Waals surface area (Å²) in [6, 6.07) is 7.53. The van der Waals surface area contributed by atoms with Crippen LogP contribution in [0.3, 0.4) is 0 Å². The molecule has 1 aromatic heterocycles. The van der Waals surface area contributed by atoms with Crippen LogP contribution in [0.4, 0.5) is 11.4 Å². The van der Waals surface area contributed by atoms with Gasteiger partial charge in [-0.15, -0.1) is 5.10 Å². The number of carbonyl (C=O) groups is 2. The van der Waals surface area contributed by atoms with Gasteiger partial charge in [0.1, 0.15) is 0 Å². The number of thioether (sulfide) groups is 1. The second-order valence-corrected chi connectivity index (χ2v) is 7.25. The van der Waals surface area contributed by atoms with E-state index in [4.69, 9.17) is 0 Å². The topological polar surface area (TPSA) is 93.0 Å². The van der Waals surface area contributed by atoms with Crippen molar-refractivity contribution in [1.82, 2.24) is 20.2 Å². The van der Waals surface area contributed by atoms with Crippen molar-refractivity contribution in [3.8, 4) is 0 Å². The van der Waals surface area contributed by atoms with Gasteiger partial charge in [-0.3, -0.25) is 9.59 Å². The maximum atomic E-state index is 12.9. The van der Waals surface area contributed by atoms with Gasteiger partial charge in [-0.05, 0) is 42.3 Å². The zero-order chi connectivity index (χ0) is 17.4. The maximum absolute atomic E-state index is 12.9. The Balaban J connectivity index is 1.54. The number of carbonyl (C=O) groups excluding carboxylic acids is 2. The van der Waals surface area contributed by atoms with Gasteiger partial charge in [0, 0.05) is 12.5 Å². The second kappa shape index (κ2) is 6.47. The summed E-state index contributed by atoms with van der Waals surface area (Å²) in [4.78, 5) is 26.6. The third-order valence-electron chi connectivity index (χ3n) is 4.31. The average molecular weight is 358 g/mol. The Morgan fingerprint density at radius 3 is 2.96 bits per heavy atom. The van der Waals surface area contributed by atoms with Crippen molar-refractivity contribution in [3.63, 3.8) is 0 Å². The average Bonchev–Trinajstić information content (AvgIpc) is 3.34. The second-order valence-electron chi connectivity index (χ2n) is 6.31. The smallest absolute Gasteiger partial charge is 0.237 e. The van der Waals surface area contributed by atoms with E-state index in [0.29, 0.717) is 16.9 Å². The number of hydrogen-bond acceptors (Lipinski definition) is 6. The van der Waals surface area contributed by atoms with E-state index < -0.39 is 0 Å². The van der Waals surface area contributed by atoms with Gasteiger partial charge in [-0.1, -0.05) is 23.9 Å². The number of nitrogens with one attached hydrogen (secondary N) is 1. The number of fused-ring (bicyclic) bond motifs is 1. The Bertz CT molecular complexity index is 818. The van der Waals surface area contributed by atoms with Crippen molar-refractivity contribution in [1.29, 1.82) is 0 Å². The van der Waals surface area contributed by atoms with E-state index in [1.165, 1.54) is 11.8 Å². The van der Waals surface area contributed by atoms with Crippen LogP contribution in [0.25, 0.3) is 0 Å². The molecule has 0 saturated heterocycles. The number of aromatic nitrogens is 4. The van der Waals surface area contributed by atoms with Crippen molar-refractivity contribution < 1.29 is 9.59 Å². The summed E-state index contributed by atoms with van der Waals surface area (Å²) in [6.07, 6.45) is 2.43. The van der Waals surface area contributed by atoms with Crippen LogP contribution in [0.15, 0.2) is 29.4 Å². The van der Waals surface area contributed by atoms with Crippen LogP contribution in [-0.4, -0.2) is 43.8 Å². The number of tetrazole rings is 1. The standard InChI is InChI=1S/C16H18N6O2S/c1-10-8-14(23)17-12-4-2-3-5-13(12)21(10)15(24)9-25-16-18-19-20-22(16)11-6-7-11/h2-5,10-11H,6-9H2,1H3,(H,17,23). The Hall–Kier alpha value is -2.42. The first kappa shape index (κ1) is 16.1. The molecule has 1 aromatic carbocycles. The number of para-hydroxylation sites is 2. The summed E-state index contributed by atoms with van der Waals surface area (Å²) >= 11 is 1.34. The van der Waals surface area contributed by atoms with Gasteiger partial charge in [-0.25, -0.2) is 4.68 Å². The van der Waals surface area contributed by atoms with Gasteiger partial charge < -0.3 is 10.2 Å². The molecular weight excluding hydrogens is 340 g/mol. The van der Waals surface area contributed by atoms with Gasteiger partial charge >= 0.3 is 0 Å². The molecule has 1 aliphatic heterocycles. The highest BCUT2D eigenvalue weighted by molar-refractivity contribution is 7.99. The predicted molar refractivity (Wildman–Crippen MR) is 93.4 cm³/mol. The SMILES string of the molecule is CC1CC(=O)Nc2ccccc2N1C(=O)CSc1nnnn1C1CC1. The molecule has 1 saturated carbocycles. The zero-order valence-corrected chi connectivity index (χ0v) is 14.6. The van der Waals surface area contributed by atoms with Crippen LogP contribution in [0.2, 0.25) is 0 Å². The Morgan fingerprint density at radius 1 is 1.36 bits per heavy atom. The van der Waals surface area contributed by atoms with Crippen LogP contribution < -0.4 is 10.2 Å². The summed E-state index contributed by atoms with van der Waals surface area (Å²) in [7, 11) is 0. The predicted octanol–water partition coefficient (Wildman–Crippen LogP) is 1.86. The van der Waals surface area contributed by atoms with E-state index >= 15 is 0 Å². The van der Waals surface area contributed by atoms with Crippen LogP contribution in [0.5, 0.6) is 0 Å². The maximum Gasteiger partial charge on any atom is 0.237 e. The molecule has 1 aliphatic carbocycles. The molecule has 4 rings (SSSR count). The third-order valence-corrected chi connectivity index (χ3v) is 5.23. The van der Waals surface area contributed by atoms with Gasteiger partial charge in [-0.2, -0.15) is 0 Å². The lowest BCUT2D eigenvalue weighted by Gasteiger charge is -2.27. The van der Waals surface area contributed by atoms with E-state index in [1.807, 2.05) is 31.2 Å². The highest BCUT2D eigenvalue weighted by Crippen LogP contribution is 2.37. The molecule has 0 bridgehead atoms. The van der Waals surface area contributed by atoms with Crippen LogP contribution >= 0.6 is 11.8 Å². The van der Waals surface area contributed by atoms with Crippen LogP contribution in [0, 0.1) is 0 Å². The number of rotatable bonds is 4. The molecule has 1 unspecified atom stereocenters. The molecule has 2 amide bonds. The molecule has 1 fully saturated rings. The fourth-order valence-corrected chi connectivity index (χ4v) is 3.80. The minimum absolute atomic E-state index is 0.0632. The molecular formula is C16H18N6O2S. The number of benzene rings is 1. The fourth-order valence-electron chi connectivity index (χ4n) is 2.99. The molecule has 0 radical (unpaired) electrons. The molecule has 1 N–H and O–H groups in total. The van der Waals surface area contributed by atoms with Gasteiger partial charge in [0.15, 0.2) is 0 Å². The summed E-state index contributed by atoms with van der Waals surface area (Å²) < 4.78 is 1.79. The summed E-state index contributed by atoms with van der Waals surface area (Å²) in [6.45, 7) is 1.89. The monoisotopic (exact) mass is 358 g/mol. The Morgan fingerprint density at radius 2 is 2.16 bits per heavy atom. The summed E-state index contributed by atoms with van der Waals surface area (Å²) in [5.41, 5.74) is 1.39. The van der Waals surface area contributed by atoms with E-state index in [-0.39, 0.29) is 30.0 Å². The Kier molecular flexibility index (Phi) is 4.16. The molecule has 9 heteroatoms. The first-order chi connectivity index (χ1) is 12.1. The van der Waals surface area contributed by atoms with Crippen molar-refractivity contribution in [2.24, 2.45) is 0 Å². The lowest BCUT2D eigenvalue weighted by Crippen LogP contribution is -2.40.